The molecule has 0 amide bonds. The van der Waals surface area contributed by atoms with Crippen LogP contribution in [0.25, 0.3) is 11.1 Å². The van der Waals surface area contributed by atoms with Crippen molar-refractivity contribution in [3.8, 4) is 17.0 Å². The minimum atomic E-state index is -3.92. The van der Waals surface area contributed by atoms with Gasteiger partial charge in [-0.2, -0.15) is 0 Å². The van der Waals surface area contributed by atoms with Crippen molar-refractivity contribution in [2.45, 2.75) is 11.8 Å². The van der Waals surface area contributed by atoms with Crippen LogP contribution in [0.2, 0.25) is 0 Å². The van der Waals surface area contributed by atoms with Crippen molar-refractivity contribution < 1.29 is 13.2 Å². The van der Waals surface area contributed by atoms with Crippen molar-refractivity contribution in [1.29, 1.82) is 0 Å². The number of aryl methyl sites for hydroxylation is 1. The summed E-state index contributed by atoms with van der Waals surface area (Å²) in [4.78, 5) is 8.32. The van der Waals surface area contributed by atoms with Crippen LogP contribution in [0, 0.1) is 6.92 Å². The highest BCUT2D eigenvalue weighted by molar-refractivity contribution is 7.92. The molecular weight excluding hydrogens is 352 g/mol. The van der Waals surface area contributed by atoms with Gasteiger partial charge in [-0.25, -0.2) is 18.4 Å². The monoisotopic (exact) mass is 370 g/mol. The molecule has 0 atom stereocenters. The van der Waals surface area contributed by atoms with Crippen LogP contribution in [0.1, 0.15) is 5.69 Å². The van der Waals surface area contributed by atoms with Gasteiger partial charge in [-0.05, 0) is 30.7 Å². The Hall–Kier alpha value is -3.13. The maximum Gasteiger partial charge on any atom is 0.263 e. The van der Waals surface area contributed by atoms with Crippen LogP contribution in [0.4, 0.5) is 11.5 Å². The third-order valence-corrected chi connectivity index (χ3v) is 5.06. The predicted molar refractivity (Wildman–Crippen MR) is 100 cm³/mol. The van der Waals surface area contributed by atoms with Gasteiger partial charge in [-0.3, -0.25) is 4.72 Å². The van der Waals surface area contributed by atoms with E-state index in [1.165, 1.54) is 19.4 Å². The average Bonchev–Trinajstić information content (AvgIpc) is 2.63. The van der Waals surface area contributed by atoms with Crippen LogP contribution in [-0.4, -0.2) is 25.5 Å². The molecule has 0 spiro atoms. The first-order chi connectivity index (χ1) is 12.4. The number of hydrogen-bond donors (Lipinski definition) is 2. The van der Waals surface area contributed by atoms with Gasteiger partial charge in [0, 0.05) is 11.3 Å². The van der Waals surface area contributed by atoms with Crippen LogP contribution in [0.5, 0.6) is 5.88 Å². The van der Waals surface area contributed by atoms with Gasteiger partial charge >= 0.3 is 0 Å². The Morgan fingerprint density at radius 3 is 2.62 bits per heavy atom. The third-order valence-electron chi connectivity index (χ3n) is 3.66. The van der Waals surface area contributed by atoms with Crippen LogP contribution >= 0.6 is 0 Å². The summed E-state index contributed by atoms with van der Waals surface area (Å²) < 4.78 is 33.5. The van der Waals surface area contributed by atoms with Gasteiger partial charge in [0.05, 0.1) is 23.9 Å². The van der Waals surface area contributed by atoms with Gasteiger partial charge in [-0.1, -0.05) is 30.3 Å². The molecule has 26 heavy (non-hydrogen) atoms. The molecule has 0 aliphatic rings. The van der Waals surface area contributed by atoms with Gasteiger partial charge in [0.25, 0.3) is 15.9 Å². The molecule has 0 unspecified atom stereocenters. The first-order valence-corrected chi connectivity index (χ1v) is 9.24. The smallest absolute Gasteiger partial charge is 0.263 e. The Balaban J connectivity index is 2.06. The van der Waals surface area contributed by atoms with Crippen molar-refractivity contribution >= 4 is 21.5 Å². The number of nitrogens with two attached hydrogens (primary N) is 1. The molecule has 3 aromatic rings. The fraction of sp³-hybridized carbons (Fsp3) is 0.111. The molecule has 0 aliphatic heterocycles. The SMILES string of the molecule is COc1nc(C)cnc1NS(=O)(=O)c1ccccc1-c1cccc(N)c1. The Morgan fingerprint density at radius 2 is 1.88 bits per heavy atom. The summed E-state index contributed by atoms with van der Waals surface area (Å²) in [7, 11) is -2.52. The van der Waals surface area contributed by atoms with Crippen molar-refractivity contribution in [2.24, 2.45) is 0 Å². The number of anilines is 2. The number of ether oxygens (including phenoxy) is 1. The fourth-order valence-electron chi connectivity index (χ4n) is 2.50. The normalized spacial score (nSPS) is 11.2. The largest absolute Gasteiger partial charge is 0.478 e. The maximum atomic E-state index is 13.0. The summed E-state index contributed by atoms with van der Waals surface area (Å²) in [6, 6.07) is 13.7. The summed E-state index contributed by atoms with van der Waals surface area (Å²) in [5.74, 6) is 0.135. The molecule has 3 rings (SSSR count). The maximum absolute atomic E-state index is 13.0. The quantitative estimate of drug-likeness (QED) is 0.669. The Kier molecular flexibility index (Phi) is 4.77. The molecule has 8 heteroatoms. The van der Waals surface area contributed by atoms with Gasteiger partial charge in [0.1, 0.15) is 0 Å². The van der Waals surface area contributed by atoms with E-state index in [1.807, 2.05) is 0 Å². The van der Waals surface area contributed by atoms with Crippen LogP contribution < -0.4 is 15.2 Å². The molecule has 0 fully saturated rings. The summed E-state index contributed by atoms with van der Waals surface area (Å²) in [6.07, 6.45) is 1.46. The molecule has 0 saturated heterocycles. The van der Waals surface area contributed by atoms with E-state index in [4.69, 9.17) is 10.5 Å². The topological polar surface area (TPSA) is 107 Å². The summed E-state index contributed by atoms with van der Waals surface area (Å²) in [5, 5.41) is 0. The number of benzene rings is 2. The lowest BCUT2D eigenvalue weighted by Gasteiger charge is -2.14. The average molecular weight is 370 g/mol. The highest BCUT2D eigenvalue weighted by Gasteiger charge is 2.22. The number of aromatic nitrogens is 2. The first kappa shape index (κ1) is 17.7. The summed E-state index contributed by atoms with van der Waals surface area (Å²) in [5.41, 5.74) is 8.23. The van der Waals surface area contributed by atoms with E-state index >= 15 is 0 Å². The summed E-state index contributed by atoms with van der Waals surface area (Å²) >= 11 is 0. The molecule has 1 aromatic heterocycles. The molecule has 0 bridgehead atoms. The van der Waals surface area contributed by atoms with Gasteiger partial charge in [0.2, 0.25) is 5.82 Å². The standard InChI is InChI=1S/C18H18N4O3S/c1-12-11-20-17(18(21-12)25-2)22-26(23,24)16-9-4-3-8-15(16)13-6-5-7-14(19)10-13/h3-11H,19H2,1-2H3,(H,20,22). The minimum Gasteiger partial charge on any atom is -0.478 e. The first-order valence-electron chi connectivity index (χ1n) is 7.76. The zero-order valence-electron chi connectivity index (χ0n) is 14.3. The highest BCUT2D eigenvalue weighted by Crippen LogP contribution is 2.30. The van der Waals surface area contributed by atoms with Gasteiger partial charge in [-0.15, -0.1) is 0 Å². The zero-order valence-corrected chi connectivity index (χ0v) is 15.1. The second-order valence-corrected chi connectivity index (χ2v) is 7.25. The number of hydrogen-bond acceptors (Lipinski definition) is 6. The van der Waals surface area contributed by atoms with Gasteiger partial charge in [0.15, 0.2) is 0 Å². The van der Waals surface area contributed by atoms with E-state index in [2.05, 4.69) is 14.7 Å². The molecule has 134 valence electrons. The van der Waals surface area contributed by atoms with E-state index in [1.54, 1.807) is 49.4 Å². The molecule has 7 nitrogen and oxygen atoms in total. The van der Waals surface area contributed by atoms with E-state index in [-0.39, 0.29) is 16.6 Å². The van der Waals surface area contributed by atoms with E-state index in [0.717, 1.165) is 0 Å². The molecule has 2 aromatic carbocycles. The summed E-state index contributed by atoms with van der Waals surface area (Å²) in [6.45, 7) is 1.74. The van der Waals surface area contributed by atoms with E-state index in [9.17, 15) is 8.42 Å². The number of methoxy groups -OCH3 is 1. The van der Waals surface area contributed by atoms with Crippen molar-refractivity contribution in [1.82, 2.24) is 9.97 Å². The van der Waals surface area contributed by atoms with Crippen LogP contribution in [-0.2, 0) is 10.0 Å². The zero-order chi connectivity index (χ0) is 18.7. The van der Waals surface area contributed by atoms with Crippen molar-refractivity contribution in [3.63, 3.8) is 0 Å². The third kappa shape index (κ3) is 3.60. The van der Waals surface area contributed by atoms with Crippen LogP contribution in [0.15, 0.2) is 59.6 Å². The van der Waals surface area contributed by atoms with E-state index < -0.39 is 10.0 Å². The second kappa shape index (κ2) is 7.01. The molecule has 0 radical (unpaired) electrons. The molecule has 1 heterocycles. The highest BCUT2D eigenvalue weighted by atomic mass is 32.2. The number of sulfonamides is 1. The lowest BCUT2D eigenvalue weighted by atomic mass is 10.1. The lowest BCUT2D eigenvalue weighted by Crippen LogP contribution is -2.16. The van der Waals surface area contributed by atoms with Crippen molar-refractivity contribution in [2.75, 3.05) is 17.6 Å². The molecule has 3 N–H and O–H groups in total. The van der Waals surface area contributed by atoms with Gasteiger partial charge < -0.3 is 10.5 Å². The number of rotatable bonds is 5. The van der Waals surface area contributed by atoms with E-state index in [0.29, 0.717) is 22.5 Å². The Morgan fingerprint density at radius 1 is 1.12 bits per heavy atom. The Bertz CT molecular complexity index is 1050. The Labute approximate surface area is 151 Å². The molecule has 0 saturated carbocycles. The number of nitrogens with zero attached hydrogens (tertiary/aromatic N) is 2. The fourth-order valence-corrected chi connectivity index (χ4v) is 3.73. The molecular formula is C18H18N4O3S. The van der Waals surface area contributed by atoms with Crippen LogP contribution in [0.3, 0.4) is 0 Å². The second-order valence-electron chi connectivity index (χ2n) is 5.60. The van der Waals surface area contributed by atoms with Crippen molar-refractivity contribution in [3.05, 3.63) is 60.4 Å². The molecule has 0 aliphatic carbocycles. The minimum absolute atomic E-state index is 0.0282. The number of nitrogen functional groups attached to an aromatic ring is 1. The predicted octanol–water partition coefficient (Wildman–Crippen LogP) is 2.84. The number of nitrogens with one attached hydrogen (secondary N) is 1. The lowest BCUT2D eigenvalue weighted by molar-refractivity contribution is 0.397.